The van der Waals surface area contributed by atoms with Crippen LogP contribution in [0.15, 0.2) is 162 Å². The molecule has 0 amide bonds. The largest absolute Gasteiger partial charge is 0.456 e. The lowest BCUT2D eigenvalue weighted by molar-refractivity contribution is 0.669. The molecule has 0 radical (unpaired) electrons. The molecule has 0 saturated carbocycles. The van der Waals surface area contributed by atoms with Crippen molar-refractivity contribution < 1.29 is 11.3 Å². The molecule has 1 nitrogen and oxygen atoms in total. The third kappa shape index (κ3) is 3.50. The van der Waals surface area contributed by atoms with Crippen molar-refractivity contribution in [1.82, 2.24) is 0 Å². The maximum Gasteiger partial charge on any atom is 0.136 e. The predicted octanol–water partition coefficient (Wildman–Crippen LogP) is 12.6. The lowest BCUT2D eigenvalue weighted by Crippen LogP contribution is -1.90. The van der Waals surface area contributed by atoms with E-state index < -0.39 is 6.04 Å². The minimum Gasteiger partial charge on any atom is -0.456 e. The SMILES string of the molecule is [2H]c1c([2H])c([2H])c(-c2cccc3oc4cccc(-c5ccc6ccc7c(-c8cccc9ccccc89)ccc8ccc5c6c87)c4c23)c([2H])c1[2H]. The minimum absolute atomic E-state index is 0.162. The van der Waals surface area contributed by atoms with Gasteiger partial charge in [-0.15, -0.1) is 0 Å². The number of hydrogen-bond acceptors (Lipinski definition) is 1. The lowest BCUT2D eigenvalue weighted by Gasteiger charge is -2.17. The fourth-order valence-corrected chi connectivity index (χ4v) is 7.42. The molecule has 0 N–H and O–H groups in total. The van der Waals surface area contributed by atoms with Gasteiger partial charge in [0.2, 0.25) is 0 Å². The minimum atomic E-state index is -0.411. The van der Waals surface area contributed by atoms with Gasteiger partial charge in [0.05, 0.1) is 6.85 Å². The third-order valence-corrected chi connectivity index (χ3v) is 9.33. The molecule has 0 aliphatic carbocycles. The summed E-state index contributed by atoms with van der Waals surface area (Å²) in [4.78, 5) is 0. The molecular weight excluding hydrogens is 544 g/mol. The summed E-state index contributed by atoms with van der Waals surface area (Å²) in [6, 6.07) is 42.6. The van der Waals surface area contributed by atoms with Gasteiger partial charge in [-0.1, -0.05) is 145 Å². The van der Waals surface area contributed by atoms with Crippen molar-refractivity contribution in [3.63, 3.8) is 0 Å². The Labute approximate surface area is 266 Å². The summed E-state index contributed by atoms with van der Waals surface area (Å²) in [5, 5.41) is 11.0. The van der Waals surface area contributed by atoms with E-state index in [0.717, 1.165) is 32.7 Å². The Balaban J connectivity index is 1.29. The smallest absolute Gasteiger partial charge is 0.136 e. The second kappa shape index (κ2) is 9.29. The lowest BCUT2D eigenvalue weighted by atomic mass is 9.85. The van der Waals surface area contributed by atoms with Crippen molar-refractivity contribution in [2.45, 2.75) is 0 Å². The van der Waals surface area contributed by atoms with E-state index in [-0.39, 0.29) is 29.7 Å². The second-order valence-electron chi connectivity index (χ2n) is 11.6. The van der Waals surface area contributed by atoms with Crippen LogP contribution >= 0.6 is 0 Å². The summed E-state index contributed by atoms with van der Waals surface area (Å²) >= 11 is 0. The molecule has 0 saturated heterocycles. The normalized spacial score (nSPS) is 13.6. The van der Waals surface area contributed by atoms with Gasteiger partial charge in [-0.05, 0) is 88.6 Å². The highest BCUT2D eigenvalue weighted by molar-refractivity contribution is 6.29. The molecule has 9 aromatic carbocycles. The first-order valence-corrected chi connectivity index (χ1v) is 15.1. The summed E-state index contributed by atoms with van der Waals surface area (Å²) in [7, 11) is 0. The standard InChI is InChI=1S/C44H26O/c1-2-9-28(10-3-1)32-14-7-17-39-43(32)44-36(16-8-18-40(44)45-39)35-24-20-30-21-25-37-34(23-19-29-22-26-38(35)42(30)41(29)37)33-15-6-12-27-11-4-5-13-31(27)33/h1-26H/i1D,2D,3D,9D,10D. The number of rotatable bonds is 3. The van der Waals surface area contributed by atoms with E-state index in [0.29, 0.717) is 16.7 Å². The molecule has 10 aromatic rings. The average molecular weight is 576 g/mol. The maximum absolute atomic E-state index is 8.78. The summed E-state index contributed by atoms with van der Waals surface area (Å²) in [5.74, 6) is 0. The average Bonchev–Trinajstić information content (AvgIpc) is 3.55. The highest BCUT2D eigenvalue weighted by Crippen LogP contribution is 2.46. The molecule has 0 fully saturated rings. The molecule has 0 spiro atoms. The number of furan rings is 1. The van der Waals surface area contributed by atoms with Gasteiger partial charge in [0.1, 0.15) is 11.2 Å². The van der Waals surface area contributed by atoms with Crippen molar-refractivity contribution in [3.05, 3.63) is 158 Å². The van der Waals surface area contributed by atoms with Gasteiger partial charge in [-0.3, -0.25) is 0 Å². The van der Waals surface area contributed by atoms with Crippen LogP contribution in [0.5, 0.6) is 0 Å². The number of fused-ring (bicyclic) bond motifs is 4. The van der Waals surface area contributed by atoms with Crippen molar-refractivity contribution in [3.8, 4) is 33.4 Å². The van der Waals surface area contributed by atoms with Crippen molar-refractivity contribution >= 4 is 65.0 Å². The summed E-state index contributed by atoms with van der Waals surface area (Å²) in [6.45, 7) is 0. The predicted molar refractivity (Wildman–Crippen MR) is 191 cm³/mol. The molecule has 0 bridgehead atoms. The third-order valence-electron chi connectivity index (χ3n) is 9.33. The van der Waals surface area contributed by atoms with Gasteiger partial charge in [0.15, 0.2) is 0 Å². The highest BCUT2D eigenvalue weighted by atomic mass is 16.3. The van der Waals surface area contributed by atoms with Crippen LogP contribution in [-0.4, -0.2) is 0 Å². The highest BCUT2D eigenvalue weighted by Gasteiger charge is 2.20. The van der Waals surface area contributed by atoms with E-state index >= 15 is 0 Å². The van der Waals surface area contributed by atoms with E-state index in [4.69, 9.17) is 11.3 Å². The van der Waals surface area contributed by atoms with Crippen molar-refractivity contribution in [2.75, 3.05) is 0 Å². The zero-order chi connectivity index (χ0) is 33.8. The van der Waals surface area contributed by atoms with E-state index in [1.54, 1.807) is 0 Å². The molecule has 10 rings (SSSR count). The van der Waals surface area contributed by atoms with E-state index in [1.165, 1.54) is 43.4 Å². The Hall–Kier alpha value is -5.92. The first-order valence-electron chi connectivity index (χ1n) is 17.6. The van der Waals surface area contributed by atoms with Gasteiger partial charge in [-0.25, -0.2) is 0 Å². The molecule has 45 heavy (non-hydrogen) atoms. The topological polar surface area (TPSA) is 13.1 Å². The molecule has 1 heterocycles. The molecule has 0 aliphatic rings. The molecule has 0 aliphatic heterocycles. The molecule has 1 aromatic heterocycles. The first kappa shape index (κ1) is 20.1. The number of benzene rings is 9. The summed E-state index contributed by atoms with van der Waals surface area (Å²) in [5.41, 5.74) is 6.35. The molecule has 0 atom stereocenters. The number of hydrogen-bond donors (Lipinski definition) is 0. The van der Waals surface area contributed by atoms with E-state index in [2.05, 4.69) is 97.1 Å². The summed E-state index contributed by atoms with van der Waals surface area (Å²) < 4.78 is 48.9. The Morgan fingerprint density at radius 2 is 0.889 bits per heavy atom. The first-order chi connectivity index (χ1) is 24.4. The Kier molecular flexibility index (Phi) is 4.15. The van der Waals surface area contributed by atoms with Gasteiger partial charge >= 0.3 is 0 Å². The van der Waals surface area contributed by atoms with E-state index in [9.17, 15) is 0 Å². The van der Waals surface area contributed by atoms with Crippen molar-refractivity contribution in [2.24, 2.45) is 0 Å². The molecule has 208 valence electrons. The Bertz CT molecular complexity index is 3010. The monoisotopic (exact) mass is 575 g/mol. The van der Waals surface area contributed by atoms with Crippen LogP contribution in [0.4, 0.5) is 0 Å². The van der Waals surface area contributed by atoms with Crippen LogP contribution in [0.25, 0.3) is 98.4 Å². The molecule has 0 unspecified atom stereocenters. The quantitative estimate of drug-likeness (QED) is 0.191. The van der Waals surface area contributed by atoms with Crippen LogP contribution in [0.3, 0.4) is 0 Å². The van der Waals surface area contributed by atoms with Crippen LogP contribution in [0.1, 0.15) is 6.85 Å². The van der Waals surface area contributed by atoms with Crippen LogP contribution in [0.2, 0.25) is 0 Å². The van der Waals surface area contributed by atoms with Gasteiger partial charge in [-0.2, -0.15) is 0 Å². The van der Waals surface area contributed by atoms with Crippen LogP contribution in [0, 0.1) is 0 Å². The van der Waals surface area contributed by atoms with Gasteiger partial charge < -0.3 is 4.42 Å². The molecular formula is C44H26O. The molecule has 1 heteroatoms. The van der Waals surface area contributed by atoms with Crippen molar-refractivity contribution in [1.29, 1.82) is 0 Å². The van der Waals surface area contributed by atoms with Gasteiger partial charge in [0.25, 0.3) is 0 Å². The van der Waals surface area contributed by atoms with Crippen LogP contribution < -0.4 is 0 Å². The fourth-order valence-electron chi connectivity index (χ4n) is 7.42. The Morgan fingerprint density at radius 3 is 1.62 bits per heavy atom. The van der Waals surface area contributed by atoms with Crippen LogP contribution in [-0.2, 0) is 0 Å². The Morgan fingerprint density at radius 1 is 0.356 bits per heavy atom. The zero-order valence-electron chi connectivity index (χ0n) is 29.0. The maximum atomic E-state index is 8.78. The van der Waals surface area contributed by atoms with Gasteiger partial charge in [0, 0.05) is 10.8 Å². The fraction of sp³-hybridized carbons (Fsp3) is 0. The summed E-state index contributed by atoms with van der Waals surface area (Å²) in [6.07, 6.45) is 0. The second-order valence-corrected chi connectivity index (χ2v) is 11.6. The van der Waals surface area contributed by atoms with E-state index in [1.807, 2.05) is 30.3 Å². The zero-order valence-corrected chi connectivity index (χ0v) is 24.0.